The molecular formula is C8H14N4O3. The van der Waals surface area contributed by atoms with Gasteiger partial charge in [-0.2, -0.15) is 0 Å². The van der Waals surface area contributed by atoms with Crippen molar-refractivity contribution >= 4 is 11.8 Å². The predicted molar refractivity (Wildman–Crippen MR) is 52.1 cm³/mol. The summed E-state index contributed by atoms with van der Waals surface area (Å²) in [6, 6.07) is 0. The van der Waals surface area contributed by atoms with Crippen LogP contribution in [0.25, 0.3) is 0 Å². The Balaban J connectivity index is 2.81. The number of rotatable bonds is 4. The molecule has 0 spiro atoms. The molecule has 0 radical (unpaired) electrons. The van der Waals surface area contributed by atoms with Gasteiger partial charge in [-0.3, -0.25) is 0 Å². The number of hydrogen-bond acceptors (Lipinski definition) is 6. The summed E-state index contributed by atoms with van der Waals surface area (Å²) < 4.78 is 6.16. The molecular weight excluding hydrogens is 200 g/mol. The van der Waals surface area contributed by atoms with Crippen molar-refractivity contribution in [2.75, 3.05) is 12.3 Å². The summed E-state index contributed by atoms with van der Waals surface area (Å²) in [4.78, 5) is 11.4. The van der Waals surface area contributed by atoms with E-state index in [1.165, 1.54) is 4.68 Å². The molecule has 0 unspecified atom stereocenters. The number of aliphatic hydroxyl groups excluding tert-OH is 1. The summed E-state index contributed by atoms with van der Waals surface area (Å²) in [6.45, 7) is 3.54. The van der Waals surface area contributed by atoms with Crippen LogP contribution in [-0.4, -0.2) is 38.8 Å². The number of aromatic nitrogens is 3. The topological polar surface area (TPSA) is 103 Å². The second kappa shape index (κ2) is 4.74. The summed E-state index contributed by atoms with van der Waals surface area (Å²) in [5.41, 5.74) is 5.58. The summed E-state index contributed by atoms with van der Waals surface area (Å²) in [5.74, 6) is -0.499. The highest BCUT2D eigenvalue weighted by atomic mass is 16.5. The molecule has 0 aliphatic rings. The molecule has 1 heterocycles. The van der Waals surface area contributed by atoms with Gasteiger partial charge in [0.2, 0.25) is 5.69 Å². The first-order valence-electron chi connectivity index (χ1n) is 4.57. The van der Waals surface area contributed by atoms with Crippen molar-refractivity contribution in [3.8, 4) is 0 Å². The molecule has 7 heteroatoms. The molecule has 0 aromatic carbocycles. The molecule has 0 amide bonds. The lowest BCUT2D eigenvalue weighted by atomic mass is 10.4. The number of aliphatic hydroxyl groups is 1. The molecule has 7 nitrogen and oxygen atoms in total. The summed E-state index contributed by atoms with van der Waals surface area (Å²) in [7, 11) is 0. The molecule has 1 aromatic heterocycles. The number of nitrogen functional groups attached to an aromatic ring is 1. The third-order valence-corrected chi connectivity index (χ3v) is 1.62. The maximum Gasteiger partial charge on any atom is 0.363 e. The molecule has 0 aliphatic heterocycles. The summed E-state index contributed by atoms with van der Waals surface area (Å²) in [6.07, 6.45) is -0.236. The highest BCUT2D eigenvalue weighted by Crippen LogP contribution is 2.09. The van der Waals surface area contributed by atoms with Crippen LogP contribution >= 0.6 is 0 Å². The van der Waals surface area contributed by atoms with Gasteiger partial charge in [0.1, 0.15) is 0 Å². The Hall–Kier alpha value is -1.63. The van der Waals surface area contributed by atoms with Crippen molar-refractivity contribution in [2.24, 2.45) is 0 Å². The van der Waals surface area contributed by atoms with Gasteiger partial charge in [0, 0.05) is 0 Å². The van der Waals surface area contributed by atoms with Gasteiger partial charge in [0.15, 0.2) is 5.82 Å². The highest BCUT2D eigenvalue weighted by Gasteiger charge is 2.19. The van der Waals surface area contributed by atoms with E-state index in [2.05, 4.69) is 10.3 Å². The third-order valence-electron chi connectivity index (χ3n) is 1.62. The van der Waals surface area contributed by atoms with Crippen molar-refractivity contribution in [3.63, 3.8) is 0 Å². The Morgan fingerprint density at radius 2 is 2.33 bits per heavy atom. The van der Waals surface area contributed by atoms with Crippen LogP contribution in [0.5, 0.6) is 0 Å². The van der Waals surface area contributed by atoms with Crippen LogP contribution < -0.4 is 5.73 Å². The van der Waals surface area contributed by atoms with E-state index in [1.807, 2.05) is 0 Å². The fourth-order valence-corrected chi connectivity index (χ4v) is 0.996. The summed E-state index contributed by atoms with van der Waals surface area (Å²) in [5, 5.41) is 15.9. The van der Waals surface area contributed by atoms with Crippen LogP contribution in [0.3, 0.4) is 0 Å². The quantitative estimate of drug-likeness (QED) is 0.650. The first-order valence-corrected chi connectivity index (χ1v) is 4.57. The van der Waals surface area contributed by atoms with Crippen molar-refractivity contribution in [1.82, 2.24) is 15.0 Å². The SMILES string of the molecule is CC(C)OC(=O)c1nnn(CCO)c1N. The molecule has 0 bridgehead atoms. The van der Waals surface area contributed by atoms with Crippen LogP contribution in [0, 0.1) is 0 Å². The molecule has 0 saturated heterocycles. The van der Waals surface area contributed by atoms with Crippen LogP contribution in [-0.2, 0) is 11.3 Å². The number of carbonyl (C=O) groups excluding carboxylic acids is 1. The number of carbonyl (C=O) groups is 1. The smallest absolute Gasteiger partial charge is 0.363 e. The van der Waals surface area contributed by atoms with Crippen molar-refractivity contribution in [3.05, 3.63) is 5.69 Å². The monoisotopic (exact) mass is 214 g/mol. The molecule has 15 heavy (non-hydrogen) atoms. The number of ether oxygens (including phenoxy) is 1. The van der Waals surface area contributed by atoms with E-state index in [0.717, 1.165) is 0 Å². The number of esters is 1. The van der Waals surface area contributed by atoms with E-state index in [0.29, 0.717) is 0 Å². The molecule has 0 aliphatic carbocycles. The normalized spacial score (nSPS) is 10.7. The standard InChI is InChI=1S/C8H14N4O3/c1-5(2)15-8(14)6-7(9)12(3-4-13)11-10-6/h5,13H,3-4,9H2,1-2H3. The van der Waals surface area contributed by atoms with Crippen LogP contribution in [0.4, 0.5) is 5.82 Å². The zero-order valence-electron chi connectivity index (χ0n) is 8.67. The number of nitrogens with two attached hydrogens (primary N) is 1. The molecule has 0 saturated carbocycles. The fourth-order valence-electron chi connectivity index (χ4n) is 0.996. The zero-order valence-corrected chi connectivity index (χ0v) is 8.67. The van der Waals surface area contributed by atoms with Crippen LogP contribution in [0.15, 0.2) is 0 Å². The first-order chi connectivity index (χ1) is 7.06. The second-order valence-corrected chi connectivity index (χ2v) is 3.22. The van der Waals surface area contributed by atoms with E-state index in [-0.39, 0.29) is 30.8 Å². The van der Waals surface area contributed by atoms with Gasteiger partial charge in [-0.15, -0.1) is 5.10 Å². The zero-order chi connectivity index (χ0) is 11.4. The molecule has 3 N–H and O–H groups in total. The van der Waals surface area contributed by atoms with Gasteiger partial charge < -0.3 is 15.6 Å². The van der Waals surface area contributed by atoms with E-state index >= 15 is 0 Å². The Morgan fingerprint density at radius 1 is 1.67 bits per heavy atom. The van der Waals surface area contributed by atoms with E-state index in [4.69, 9.17) is 15.6 Å². The van der Waals surface area contributed by atoms with Crippen LogP contribution in [0.1, 0.15) is 24.3 Å². The van der Waals surface area contributed by atoms with Crippen LogP contribution in [0.2, 0.25) is 0 Å². The Kier molecular flexibility index (Phi) is 3.62. The van der Waals surface area contributed by atoms with Gasteiger partial charge in [-0.05, 0) is 13.8 Å². The van der Waals surface area contributed by atoms with Gasteiger partial charge in [-0.25, -0.2) is 9.48 Å². The fraction of sp³-hybridized carbons (Fsp3) is 0.625. The van der Waals surface area contributed by atoms with E-state index in [1.54, 1.807) is 13.8 Å². The Bertz CT molecular complexity index is 348. The first kappa shape index (κ1) is 11.4. The predicted octanol–water partition coefficient (Wildman–Crippen LogP) is -0.582. The highest BCUT2D eigenvalue weighted by molar-refractivity contribution is 5.91. The summed E-state index contributed by atoms with van der Waals surface area (Å²) >= 11 is 0. The Morgan fingerprint density at radius 3 is 2.87 bits per heavy atom. The molecule has 1 aromatic rings. The Labute approximate surface area is 86.8 Å². The average Bonchev–Trinajstić information content (AvgIpc) is 2.48. The maximum atomic E-state index is 11.4. The minimum atomic E-state index is -0.605. The second-order valence-electron chi connectivity index (χ2n) is 3.22. The third kappa shape index (κ3) is 2.66. The van der Waals surface area contributed by atoms with Gasteiger partial charge in [-0.1, -0.05) is 5.21 Å². The van der Waals surface area contributed by atoms with Gasteiger partial charge >= 0.3 is 5.97 Å². The van der Waals surface area contributed by atoms with Gasteiger partial charge in [0.05, 0.1) is 19.3 Å². The maximum absolute atomic E-state index is 11.4. The van der Waals surface area contributed by atoms with Crippen molar-refractivity contribution in [2.45, 2.75) is 26.5 Å². The minimum absolute atomic E-state index is 0.0165. The number of nitrogens with zero attached hydrogens (tertiary/aromatic N) is 3. The molecule has 0 atom stereocenters. The minimum Gasteiger partial charge on any atom is -0.458 e. The average molecular weight is 214 g/mol. The lowest BCUT2D eigenvalue weighted by Crippen LogP contribution is -2.14. The largest absolute Gasteiger partial charge is 0.458 e. The van der Waals surface area contributed by atoms with E-state index in [9.17, 15) is 4.79 Å². The van der Waals surface area contributed by atoms with Crippen molar-refractivity contribution in [1.29, 1.82) is 0 Å². The lowest BCUT2D eigenvalue weighted by Gasteiger charge is -2.05. The van der Waals surface area contributed by atoms with E-state index < -0.39 is 5.97 Å². The van der Waals surface area contributed by atoms with Gasteiger partial charge in [0.25, 0.3) is 0 Å². The van der Waals surface area contributed by atoms with Crippen molar-refractivity contribution < 1.29 is 14.6 Å². The number of hydrogen-bond donors (Lipinski definition) is 2. The molecule has 0 fully saturated rings. The molecule has 1 rings (SSSR count). The number of anilines is 1. The lowest BCUT2D eigenvalue weighted by molar-refractivity contribution is 0.0372. The molecule has 84 valence electrons.